The fraction of sp³-hybridized carbons (Fsp3) is 0.424. The van der Waals surface area contributed by atoms with Gasteiger partial charge in [0.1, 0.15) is 0 Å². The molecule has 0 bridgehead atoms. The van der Waals surface area contributed by atoms with Gasteiger partial charge in [-0.25, -0.2) is 0 Å². The SMILES string of the molecule is CO[C@@](C(=O)N1CCC2(CCNCC2c2ccccc2N(C)Cc2ccccc2)CC1)(c1ccccc1)C(F)(F)F. The van der Waals surface area contributed by atoms with E-state index in [2.05, 4.69) is 53.7 Å². The van der Waals surface area contributed by atoms with Gasteiger partial charge in [0.15, 0.2) is 0 Å². The number of nitrogens with zero attached hydrogens (tertiary/aromatic N) is 2. The van der Waals surface area contributed by atoms with Crippen LogP contribution in [-0.2, 0) is 21.7 Å². The van der Waals surface area contributed by atoms with Crippen LogP contribution >= 0.6 is 0 Å². The summed E-state index contributed by atoms with van der Waals surface area (Å²) in [6, 6.07) is 26.0. The van der Waals surface area contributed by atoms with E-state index in [-0.39, 0.29) is 30.0 Å². The van der Waals surface area contributed by atoms with Gasteiger partial charge in [0.25, 0.3) is 11.5 Å². The molecular weight excluding hydrogens is 527 g/mol. The zero-order chi connectivity index (χ0) is 29.1. The smallest absolute Gasteiger partial charge is 0.370 e. The lowest BCUT2D eigenvalue weighted by atomic mass is 9.62. The fourth-order valence-corrected chi connectivity index (χ4v) is 6.86. The number of rotatable bonds is 7. The van der Waals surface area contributed by atoms with Gasteiger partial charge in [-0.05, 0) is 48.4 Å². The summed E-state index contributed by atoms with van der Waals surface area (Å²) in [7, 11) is 3.07. The molecule has 2 atom stereocenters. The van der Waals surface area contributed by atoms with Crippen molar-refractivity contribution < 1.29 is 22.7 Å². The van der Waals surface area contributed by atoms with Crippen molar-refractivity contribution in [2.24, 2.45) is 5.41 Å². The summed E-state index contributed by atoms with van der Waals surface area (Å²) in [6.07, 6.45) is -2.73. The number of carbonyl (C=O) groups is 1. The van der Waals surface area contributed by atoms with Gasteiger partial charge in [-0.3, -0.25) is 4.79 Å². The van der Waals surface area contributed by atoms with Gasteiger partial charge in [-0.1, -0.05) is 78.9 Å². The Bertz CT molecular complexity index is 1310. The molecule has 3 aromatic rings. The average molecular weight is 566 g/mol. The van der Waals surface area contributed by atoms with Crippen molar-refractivity contribution in [2.75, 3.05) is 45.2 Å². The van der Waals surface area contributed by atoms with E-state index in [0.29, 0.717) is 12.8 Å². The van der Waals surface area contributed by atoms with Crippen LogP contribution in [-0.4, -0.2) is 57.3 Å². The molecule has 8 heteroatoms. The number of anilines is 1. The molecule has 0 radical (unpaired) electrons. The van der Waals surface area contributed by atoms with Crippen LogP contribution in [0.1, 0.15) is 41.9 Å². The Kier molecular flexibility index (Phi) is 8.43. The number of benzene rings is 3. The molecule has 5 rings (SSSR count). The quantitative estimate of drug-likeness (QED) is 0.375. The number of hydrogen-bond acceptors (Lipinski definition) is 4. The standard InChI is InChI=1S/C33H38F3N3O2/c1-38(24-25-11-5-3-6-12-25)29-16-10-9-15-27(29)28-23-37-20-17-31(28)18-21-39(22-19-31)30(40)32(41-2,33(34,35)36)26-13-7-4-8-14-26/h3-16,28,37H,17-24H2,1-2H3/t28?,32-/m1/s1. The monoisotopic (exact) mass is 565 g/mol. The second-order valence-corrected chi connectivity index (χ2v) is 11.3. The summed E-state index contributed by atoms with van der Waals surface area (Å²) in [4.78, 5) is 17.3. The molecule has 41 heavy (non-hydrogen) atoms. The molecule has 1 N–H and O–H groups in total. The van der Waals surface area contributed by atoms with E-state index in [0.717, 1.165) is 38.9 Å². The summed E-state index contributed by atoms with van der Waals surface area (Å²) in [5.41, 5.74) is 0.269. The van der Waals surface area contributed by atoms with Crippen molar-refractivity contribution in [3.8, 4) is 0 Å². The molecule has 0 saturated carbocycles. The van der Waals surface area contributed by atoms with Crippen LogP contribution in [0.25, 0.3) is 0 Å². The maximum atomic E-state index is 14.6. The number of hydrogen-bond donors (Lipinski definition) is 1. The third-order valence-corrected chi connectivity index (χ3v) is 9.11. The molecule has 0 aliphatic carbocycles. The molecular formula is C33H38F3N3O2. The van der Waals surface area contributed by atoms with Crippen LogP contribution in [0.3, 0.4) is 0 Å². The summed E-state index contributed by atoms with van der Waals surface area (Å²) < 4.78 is 48.9. The van der Waals surface area contributed by atoms with E-state index in [1.807, 2.05) is 18.2 Å². The Morgan fingerprint density at radius 3 is 2.20 bits per heavy atom. The highest BCUT2D eigenvalue weighted by molar-refractivity contribution is 5.88. The first-order valence-electron chi connectivity index (χ1n) is 14.2. The van der Waals surface area contributed by atoms with Gasteiger partial charge >= 0.3 is 6.18 Å². The third kappa shape index (κ3) is 5.47. The maximum absolute atomic E-state index is 14.6. The number of carbonyl (C=O) groups excluding carboxylic acids is 1. The van der Waals surface area contributed by atoms with Crippen molar-refractivity contribution in [1.82, 2.24) is 10.2 Å². The first kappa shape index (κ1) is 29.1. The second kappa shape index (κ2) is 11.9. The van der Waals surface area contributed by atoms with Crippen molar-refractivity contribution in [1.29, 1.82) is 0 Å². The highest BCUT2D eigenvalue weighted by atomic mass is 19.4. The number of halogens is 3. The Hall–Kier alpha value is -3.36. The van der Waals surface area contributed by atoms with Gasteiger partial charge in [-0.2, -0.15) is 13.2 Å². The summed E-state index contributed by atoms with van der Waals surface area (Å²) in [5.74, 6) is -0.867. The second-order valence-electron chi connectivity index (χ2n) is 11.3. The number of likely N-dealkylation sites (tertiary alicyclic amines) is 1. The molecule has 2 heterocycles. The highest BCUT2D eigenvalue weighted by Crippen LogP contribution is 2.51. The molecule has 2 aliphatic rings. The molecule has 5 nitrogen and oxygen atoms in total. The summed E-state index contributed by atoms with van der Waals surface area (Å²) in [5, 5.41) is 3.56. The maximum Gasteiger partial charge on any atom is 0.430 e. The largest absolute Gasteiger partial charge is 0.430 e. The van der Waals surface area contributed by atoms with Gasteiger partial charge in [-0.15, -0.1) is 0 Å². The minimum absolute atomic E-state index is 0.119. The van der Waals surface area contributed by atoms with Crippen LogP contribution in [0, 0.1) is 5.41 Å². The van der Waals surface area contributed by atoms with E-state index in [9.17, 15) is 18.0 Å². The molecule has 3 aromatic carbocycles. The first-order chi connectivity index (χ1) is 19.7. The van der Waals surface area contributed by atoms with E-state index >= 15 is 0 Å². The molecule has 0 aromatic heterocycles. The van der Waals surface area contributed by atoms with Crippen LogP contribution in [0.5, 0.6) is 0 Å². The Balaban J connectivity index is 1.40. The zero-order valence-corrected chi connectivity index (χ0v) is 23.7. The summed E-state index contributed by atoms with van der Waals surface area (Å²) in [6.45, 7) is 2.92. The normalized spacial score (nSPS) is 20.4. The topological polar surface area (TPSA) is 44.8 Å². The molecule has 1 unspecified atom stereocenters. The number of para-hydroxylation sites is 1. The Morgan fingerprint density at radius 2 is 1.56 bits per heavy atom. The summed E-state index contributed by atoms with van der Waals surface area (Å²) >= 11 is 0. The number of alkyl halides is 3. The molecule has 2 aliphatic heterocycles. The lowest BCUT2D eigenvalue weighted by molar-refractivity contribution is -0.271. The van der Waals surface area contributed by atoms with Crippen molar-refractivity contribution in [3.05, 3.63) is 102 Å². The minimum Gasteiger partial charge on any atom is -0.370 e. The number of ether oxygens (including phenoxy) is 1. The van der Waals surface area contributed by atoms with Gasteiger partial charge < -0.3 is 19.9 Å². The molecule has 1 amide bonds. The van der Waals surface area contributed by atoms with Gasteiger partial charge in [0, 0.05) is 57.5 Å². The van der Waals surface area contributed by atoms with E-state index < -0.39 is 17.7 Å². The Labute approximate surface area is 240 Å². The number of nitrogens with one attached hydrogen (secondary N) is 1. The number of amides is 1. The molecule has 2 fully saturated rings. The molecule has 1 spiro atoms. The van der Waals surface area contributed by atoms with Crippen LogP contribution in [0.4, 0.5) is 18.9 Å². The first-order valence-corrected chi connectivity index (χ1v) is 14.2. The van der Waals surface area contributed by atoms with Crippen LogP contribution < -0.4 is 10.2 Å². The van der Waals surface area contributed by atoms with Gasteiger partial charge in [0.05, 0.1) is 0 Å². The fourth-order valence-electron chi connectivity index (χ4n) is 6.86. The molecule has 218 valence electrons. The molecule has 2 saturated heterocycles. The number of methoxy groups -OCH3 is 1. The van der Waals surface area contributed by atoms with E-state index in [4.69, 9.17) is 4.74 Å². The van der Waals surface area contributed by atoms with E-state index in [1.165, 1.54) is 40.3 Å². The predicted molar refractivity (Wildman–Crippen MR) is 155 cm³/mol. The van der Waals surface area contributed by atoms with Crippen molar-refractivity contribution in [3.63, 3.8) is 0 Å². The minimum atomic E-state index is -4.91. The van der Waals surface area contributed by atoms with Gasteiger partial charge in [0.2, 0.25) is 0 Å². The highest BCUT2D eigenvalue weighted by Gasteiger charge is 2.64. The van der Waals surface area contributed by atoms with Crippen molar-refractivity contribution >= 4 is 11.6 Å². The Morgan fingerprint density at radius 1 is 0.951 bits per heavy atom. The lowest BCUT2D eigenvalue weighted by Gasteiger charge is -2.51. The van der Waals surface area contributed by atoms with Crippen LogP contribution in [0.2, 0.25) is 0 Å². The van der Waals surface area contributed by atoms with Crippen molar-refractivity contribution in [2.45, 2.75) is 43.5 Å². The zero-order valence-electron chi connectivity index (χ0n) is 23.7. The van der Waals surface area contributed by atoms with E-state index in [1.54, 1.807) is 6.07 Å². The lowest BCUT2D eigenvalue weighted by Crippen LogP contribution is -2.59. The number of piperidine rings is 2. The average Bonchev–Trinajstić information content (AvgIpc) is 2.99. The predicted octanol–water partition coefficient (Wildman–Crippen LogP) is 6.11. The third-order valence-electron chi connectivity index (χ3n) is 9.11. The van der Waals surface area contributed by atoms with Crippen LogP contribution in [0.15, 0.2) is 84.9 Å².